The van der Waals surface area contributed by atoms with E-state index in [4.69, 9.17) is 0 Å². The van der Waals surface area contributed by atoms with Crippen molar-refractivity contribution in [1.82, 2.24) is 4.90 Å². The van der Waals surface area contributed by atoms with Crippen LogP contribution >= 0.6 is 0 Å². The molecular weight excluding hydrogens is 308 g/mol. The van der Waals surface area contributed by atoms with Crippen LogP contribution in [0.1, 0.15) is 33.1 Å². The van der Waals surface area contributed by atoms with E-state index in [0.717, 1.165) is 19.3 Å². The van der Waals surface area contributed by atoms with Crippen molar-refractivity contribution in [2.45, 2.75) is 45.2 Å². The normalized spacial score (nSPS) is 21.0. The summed E-state index contributed by atoms with van der Waals surface area (Å²) in [6.45, 7) is 4.16. The van der Waals surface area contributed by atoms with E-state index in [0.29, 0.717) is 5.69 Å². The zero-order valence-corrected chi connectivity index (χ0v) is 13.7. The number of piperidine rings is 1. The van der Waals surface area contributed by atoms with Gasteiger partial charge in [0.25, 0.3) is 11.6 Å². The van der Waals surface area contributed by atoms with Gasteiger partial charge in [0.2, 0.25) is 0 Å². The molecule has 7 heteroatoms. The quantitative estimate of drug-likeness (QED) is 0.396. The predicted molar refractivity (Wildman–Crippen MR) is 90.0 cm³/mol. The number of anilines is 1. The maximum absolute atomic E-state index is 12.3. The summed E-state index contributed by atoms with van der Waals surface area (Å²) in [6, 6.07) is 8.00. The highest BCUT2D eigenvalue weighted by Gasteiger charge is 2.23. The van der Waals surface area contributed by atoms with Crippen LogP contribution < -0.4 is 5.32 Å². The maximum atomic E-state index is 12.3. The van der Waals surface area contributed by atoms with Crippen LogP contribution in [0, 0.1) is 21.4 Å². The molecule has 0 aromatic heterocycles. The Kier molecular flexibility index (Phi) is 5.53. The molecule has 1 aromatic rings. The van der Waals surface area contributed by atoms with Gasteiger partial charge in [0.1, 0.15) is 11.6 Å². The minimum atomic E-state index is -0.517. The third-order valence-electron chi connectivity index (χ3n) is 4.24. The highest BCUT2D eigenvalue weighted by molar-refractivity contribution is 6.06. The second-order valence-corrected chi connectivity index (χ2v) is 5.99. The molecule has 1 aliphatic rings. The Bertz CT molecular complexity index is 681. The van der Waals surface area contributed by atoms with Crippen molar-refractivity contribution < 1.29 is 9.72 Å². The van der Waals surface area contributed by atoms with Crippen LogP contribution in [0.4, 0.5) is 11.4 Å². The first-order valence-electron chi connectivity index (χ1n) is 7.87. The number of nitrogens with zero attached hydrogens (tertiary/aromatic N) is 3. The van der Waals surface area contributed by atoms with Crippen LogP contribution in [0.5, 0.6) is 0 Å². The Morgan fingerprint density at radius 3 is 2.42 bits per heavy atom. The summed E-state index contributed by atoms with van der Waals surface area (Å²) >= 11 is 0. The van der Waals surface area contributed by atoms with Crippen molar-refractivity contribution in [3.8, 4) is 6.07 Å². The second kappa shape index (κ2) is 7.59. The number of non-ortho nitro benzene ring substituents is 1. The summed E-state index contributed by atoms with van der Waals surface area (Å²) in [4.78, 5) is 24.5. The van der Waals surface area contributed by atoms with Crippen LogP contribution in [-0.4, -0.2) is 27.8 Å². The number of amides is 1. The van der Waals surface area contributed by atoms with Gasteiger partial charge < -0.3 is 10.2 Å². The highest BCUT2D eigenvalue weighted by atomic mass is 16.6. The highest BCUT2D eigenvalue weighted by Crippen LogP contribution is 2.24. The summed E-state index contributed by atoms with van der Waals surface area (Å²) in [5, 5.41) is 22.5. The topological polar surface area (TPSA) is 99.3 Å². The fourth-order valence-electron chi connectivity index (χ4n) is 2.85. The summed E-state index contributed by atoms with van der Waals surface area (Å²) in [7, 11) is 0. The fourth-order valence-corrected chi connectivity index (χ4v) is 2.85. The molecule has 126 valence electrons. The van der Waals surface area contributed by atoms with E-state index in [1.807, 2.05) is 6.07 Å². The summed E-state index contributed by atoms with van der Waals surface area (Å²) in [6.07, 6.45) is 4.83. The van der Waals surface area contributed by atoms with Gasteiger partial charge in [0, 0.05) is 36.1 Å². The van der Waals surface area contributed by atoms with Gasteiger partial charge >= 0.3 is 0 Å². The van der Waals surface area contributed by atoms with Crippen molar-refractivity contribution in [3.63, 3.8) is 0 Å². The number of nitro groups is 1. The monoisotopic (exact) mass is 328 g/mol. The molecule has 0 bridgehead atoms. The third kappa shape index (κ3) is 4.10. The summed E-state index contributed by atoms with van der Waals surface area (Å²) in [5.74, 6) is -0.517. The molecule has 1 amide bonds. The fraction of sp³-hybridized carbons (Fsp3) is 0.412. The van der Waals surface area contributed by atoms with Gasteiger partial charge in [-0.1, -0.05) is 0 Å². The van der Waals surface area contributed by atoms with Gasteiger partial charge in [-0.15, -0.1) is 0 Å². The molecule has 2 unspecified atom stereocenters. The van der Waals surface area contributed by atoms with Gasteiger partial charge in [-0.3, -0.25) is 14.9 Å². The van der Waals surface area contributed by atoms with Crippen molar-refractivity contribution in [2.24, 2.45) is 0 Å². The van der Waals surface area contributed by atoms with Gasteiger partial charge in [-0.05, 0) is 45.2 Å². The molecule has 2 rings (SSSR count). The number of nitro benzene ring substituents is 1. The van der Waals surface area contributed by atoms with Crippen LogP contribution in [0.2, 0.25) is 0 Å². The molecule has 0 spiro atoms. The lowest BCUT2D eigenvalue weighted by Gasteiger charge is -2.38. The molecule has 0 radical (unpaired) electrons. The standard InChI is InChI=1S/C17H20N4O3/c1-12-4-3-5-13(2)20(12)11-14(10-18)17(22)19-15-6-8-16(9-7-15)21(23)24/h6-9,11-13H,3-5H2,1-2H3,(H,19,22)/b14-11-. The van der Waals surface area contributed by atoms with Crippen molar-refractivity contribution in [1.29, 1.82) is 5.26 Å². The Morgan fingerprint density at radius 2 is 1.92 bits per heavy atom. The van der Waals surface area contributed by atoms with Gasteiger partial charge in [0.15, 0.2) is 0 Å². The van der Waals surface area contributed by atoms with Gasteiger partial charge in [-0.2, -0.15) is 5.26 Å². The predicted octanol–water partition coefficient (Wildman–Crippen LogP) is 3.20. The minimum Gasteiger partial charge on any atom is -0.371 e. The van der Waals surface area contributed by atoms with Gasteiger partial charge in [-0.25, -0.2) is 0 Å². The van der Waals surface area contributed by atoms with Crippen LogP contribution in [-0.2, 0) is 4.79 Å². The molecule has 7 nitrogen and oxygen atoms in total. The molecule has 1 N–H and O–H groups in total. The van der Waals surface area contributed by atoms with E-state index >= 15 is 0 Å². The van der Waals surface area contributed by atoms with E-state index < -0.39 is 10.8 Å². The van der Waals surface area contributed by atoms with E-state index in [-0.39, 0.29) is 23.3 Å². The number of likely N-dealkylation sites (tertiary alicyclic amines) is 1. The van der Waals surface area contributed by atoms with Crippen molar-refractivity contribution in [2.75, 3.05) is 5.32 Å². The molecule has 0 saturated carbocycles. The van der Waals surface area contributed by atoms with Crippen LogP contribution in [0.3, 0.4) is 0 Å². The lowest BCUT2D eigenvalue weighted by molar-refractivity contribution is -0.384. The molecule has 1 aromatic carbocycles. The third-order valence-corrected chi connectivity index (χ3v) is 4.24. The summed E-state index contributed by atoms with van der Waals surface area (Å²) in [5.41, 5.74) is 0.375. The first-order valence-corrected chi connectivity index (χ1v) is 7.87. The van der Waals surface area contributed by atoms with E-state index in [1.54, 1.807) is 6.20 Å². The van der Waals surface area contributed by atoms with E-state index in [9.17, 15) is 20.2 Å². The van der Waals surface area contributed by atoms with Gasteiger partial charge in [0.05, 0.1) is 4.92 Å². The molecule has 1 fully saturated rings. The zero-order valence-electron chi connectivity index (χ0n) is 13.7. The number of benzene rings is 1. The largest absolute Gasteiger partial charge is 0.371 e. The average Bonchev–Trinajstić information content (AvgIpc) is 2.55. The lowest BCUT2D eigenvalue weighted by atomic mass is 9.98. The molecule has 0 aliphatic carbocycles. The number of rotatable bonds is 4. The summed E-state index contributed by atoms with van der Waals surface area (Å²) < 4.78 is 0. The van der Waals surface area contributed by atoms with Crippen molar-refractivity contribution in [3.05, 3.63) is 46.2 Å². The smallest absolute Gasteiger partial charge is 0.269 e. The SMILES string of the molecule is CC1CCCC(C)N1/C=C(/C#N)C(=O)Nc1ccc([N+](=O)[O-])cc1. The minimum absolute atomic E-state index is 0.0222. The maximum Gasteiger partial charge on any atom is 0.269 e. The van der Waals surface area contributed by atoms with Crippen molar-refractivity contribution >= 4 is 17.3 Å². The Morgan fingerprint density at radius 1 is 1.33 bits per heavy atom. The number of hydrogen-bond acceptors (Lipinski definition) is 5. The average molecular weight is 328 g/mol. The number of carbonyl (C=O) groups excluding carboxylic acids is 1. The Hall–Kier alpha value is -2.88. The number of carbonyl (C=O) groups is 1. The first-order chi connectivity index (χ1) is 11.4. The van der Waals surface area contributed by atoms with E-state index in [1.165, 1.54) is 24.3 Å². The number of hydrogen-bond donors (Lipinski definition) is 1. The van der Waals surface area contributed by atoms with Crippen LogP contribution in [0.15, 0.2) is 36.0 Å². The van der Waals surface area contributed by atoms with E-state index in [2.05, 4.69) is 24.1 Å². The molecule has 1 saturated heterocycles. The second-order valence-electron chi connectivity index (χ2n) is 5.99. The Balaban J connectivity index is 2.12. The molecule has 2 atom stereocenters. The molecule has 1 heterocycles. The molecule has 1 aliphatic heterocycles. The lowest BCUT2D eigenvalue weighted by Crippen LogP contribution is -2.40. The molecular formula is C17H20N4O3. The number of nitriles is 1. The van der Waals surface area contributed by atoms with Crippen LogP contribution in [0.25, 0.3) is 0 Å². The first kappa shape index (κ1) is 17.5. The zero-order chi connectivity index (χ0) is 17.7. The molecule has 24 heavy (non-hydrogen) atoms. The number of nitrogens with one attached hydrogen (secondary N) is 1. The Labute approximate surface area is 140 Å².